The lowest BCUT2D eigenvalue weighted by atomic mass is 9.87. The number of hydrogen-bond donors (Lipinski definition) is 1. The van der Waals surface area contributed by atoms with Gasteiger partial charge in [0, 0.05) is 30.6 Å². The quantitative estimate of drug-likeness (QED) is 0.828. The molecule has 0 saturated carbocycles. The van der Waals surface area contributed by atoms with Gasteiger partial charge < -0.3 is 10.2 Å². The van der Waals surface area contributed by atoms with E-state index in [1.807, 2.05) is 6.92 Å². The first-order chi connectivity index (χ1) is 12.2. The lowest BCUT2D eigenvalue weighted by molar-refractivity contribution is -0.138. The molecule has 3 rings (SSSR count). The number of aryl methyl sites for hydroxylation is 1. The van der Waals surface area contributed by atoms with Gasteiger partial charge in [-0.1, -0.05) is 12.1 Å². The molecule has 2 atom stereocenters. The molecule has 1 fully saturated rings. The predicted octanol–water partition coefficient (Wildman–Crippen LogP) is 3.28. The molecule has 0 spiro atoms. The number of nitrogens with one attached hydrogen (secondary N) is 1. The second-order valence-electron chi connectivity index (χ2n) is 6.19. The van der Waals surface area contributed by atoms with Crippen LogP contribution in [0.3, 0.4) is 0 Å². The van der Waals surface area contributed by atoms with E-state index in [0.29, 0.717) is 10.7 Å². The van der Waals surface area contributed by atoms with Gasteiger partial charge in [0.2, 0.25) is 11.8 Å². The number of thiazole rings is 1. The number of likely N-dealkylation sites (tertiary alicyclic amines) is 1. The summed E-state index contributed by atoms with van der Waals surface area (Å²) in [5.74, 6) is -2.38. The van der Waals surface area contributed by atoms with Gasteiger partial charge in [0.15, 0.2) is 5.13 Å². The normalized spacial score (nSPS) is 20.5. The van der Waals surface area contributed by atoms with Gasteiger partial charge in [-0.25, -0.2) is 4.98 Å². The van der Waals surface area contributed by atoms with Crippen LogP contribution < -0.4 is 5.32 Å². The number of halogens is 3. The van der Waals surface area contributed by atoms with E-state index in [4.69, 9.17) is 0 Å². The summed E-state index contributed by atoms with van der Waals surface area (Å²) in [6, 6.07) is 4.59. The first-order valence-electron chi connectivity index (χ1n) is 7.82. The van der Waals surface area contributed by atoms with E-state index in [1.54, 1.807) is 13.2 Å². The van der Waals surface area contributed by atoms with Crippen molar-refractivity contribution < 1.29 is 22.8 Å². The number of carbonyl (C=O) groups excluding carboxylic acids is 2. The van der Waals surface area contributed by atoms with Crippen LogP contribution in [0.4, 0.5) is 18.3 Å². The summed E-state index contributed by atoms with van der Waals surface area (Å²) in [6.45, 7) is 2.10. The summed E-state index contributed by atoms with van der Waals surface area (Å²) < 4.78 is 38.2. The second-order valence-corrected chi connectivity index (χ2v) is 7.42. The van der Waals surface area contributed by atoms with Crippen molar-refractivity contribution in [3.05, 3.63) is 46.5 Å². The average molecular weight is 383 g/mol. The van der Waals surface area contributed by atoms with Crippen molar-refractivity contribution in [3.63, 3.8) is 0 Å². The fraction of sp³-hybridized carbons (Fsp3) is 0.353. The van der Waals surface area contributed by atoms with Gasteiger partial charge in [-0.05, 0) is 24.6 Å². The number of benzene rings is 1. The van der Waals surface area contributed by atoms with Crippen molar-refractivity contribution in [2.24, 2.45) is 5.92 Å². The van der Waals surface area contributed by atoms with Crippen LogP contribution in [0.25, 0.3) is 0 Å². The van der Waals surface area contributed by atoms with Crippen LogP contribution in [0.2, 0.25) is 0 Å². The molecule has 2 heterocycles. The van der Waals surface area contributed by atoms with Crippen molar-refractivity contribution >= 4 is 28.3 Å². The maximum atomic E-state index is 12.7. The van der Waals surface area contributed by atoms with Crippen molar-refractivity contribution in [1.82, 2.24) is 9.88 Å². The number of likely N-dealkylation sites (N-methyl/N-ethyl adjacent to an activating group) is 1. The van der Waals surface area contributed by atoms with E-state index < -0.39 is 29.5 Å². The molecule has 1 aromatic carbocycles. The van der Waals surface area contributed by atoms with Crippen LogP contribution in [-0.4, -0.2) is 35.3 Å². The lowest BCUT2D eigenvalue weighted by Gasteiger charge is -2.17. The average Bonchev–Trinajstić information content (AvgIpc) is 3.10. The highest BCUT2D eigenvalue weighted by Gasteiger charge is 2.44. The maximum absolute atomic E-state index is 12.7. The van der Waals surface area contributed by atoms with Gasteiger partial charge >= 0.3 is 6.18 Å². The molecular formula is C17H16F3N3O2S. The van der Waals surface area contributed by atoms with Gasteiger partial charge in [-0.15, -0.1) is 11.3 Å². The highest BCUT2D eigenvalue weighted by Crippen LogP contribution is 2.36. The van der Waals surface area contributed by atoms with E-state index in [0.717, 1.165) is 17.0 Å². The molecule has 138 valence electrons. The van der Waals surface area contributed by atoms with Crippen molar-refractivity contribution in [1.29, 1.82) is 0 Å². The summed E-state index contributed by atoms with van der Waals surface area (Å²) >= 11 is 1.29. The Labute approximate surface area is 151 Å². The number of rotatable bonds is 3. The summed E-state index contributed by atoms with van der Waals surface area (Å²) in [7, 11) is 1.57. The zero-order valence-electron chi connectivity index (χ0n) is 14.0. The number of nitrogens with zero attached hydrogens (tertiary/aromatic N) is 2. The Morgan fingerprint density at radius 1 is 1.31 bits per heavy atom. The minimum Gasteiger partial charge on any atom is -0.344 e. The van der Waals surface area contributed by atoms with Crippen LogP contribution in [0, 0.1) is 12.8 Å². The van der Waals surface area contributed by atoms with Gasteiger partial charge in [0.05, 0.1) is 5.56 Å². The zero-order chi connectivity index (χ0) is 19.1. The maximum Gasteiger partial charge on any atom is 0.416 e. The molecule has 0 radical (unpaired) electrons. The fourth-order valence-electron chi connectivity index (χ4n) is 3.01. The van der Waals surface area contributed by atoms with Gasteiger partial charge in [0.25, 0.3) is 0 Å². The summed E-state index contributed by atoms with van der Waals surface area (Å²) in [6.07, 6.45) is -2.82. The number of anilines is 1. The lowest BCUT2D eigenvalue weighted by Crippen LogP contribution is -2.32. The molecule has 1 saturated heterocycles. The van der Waals surface area contributed by atoms with Crippen molar-refractivity contribution in [3.8, 4) is 0 Å². The third-order valence-corrected chi connectivity index (χ3v) is 5.14. The van der Waals surface area contributed by atoms with Crippen LogP contribution in [0.5, 0.6) is 0 Å². The molecule has 0 bridgehead atoms. The van der Waals surface area contributed by atoms with Gasteiger partial charge in [-0.2, -0.15) is 13.2 Å². The number of amides is 2. The Kier molecular flexibility index (Phi) is 4.74. The number of aromatic nitrogens is 1. The van der Waals surface area contributed by atoms with Crippen LogP contribution >= 0.6 is 11.3 Å². The largest absolute Gasteiger partial charge is 0.416 e. The first kappa shape index (κ1) is 18.4. The monoisotopic (exact) mass is 383 g/mol. The number of alkyl halides is 3. The highest BCUT2D eigenvalue weighted by molar-refractivity contribution is 7.15. The van der Waals surface area contributed by atoms with E-state index in [-0.39, 0.29) is 12.5 Å². The molecule has 1 aromatic heterocycles. The van der Waals surface area contributed by atoms with Crippen molar-refractivity contribution in [2.75, 3.05) is 18.9 Å². The van der Waals surface area contributed by atoms with Gasteiger partial charge in [-0.3, -0.25) is 9.59 Å². The highest BCUT2D eigenvalue weighted by atomic mass is 32.1. The Morgan fingerprint density at radius 2 is 1.96 bits per heavy atom. The third kappa shape index (κ3) is 3.57. The Hall–Kier alpha value is -2.42. The summed E-state index contributed by atoms with van der Waals surface area (Å²) in [5, 5.41) is 3.02. The SMILES string of the molecule is Cc1cnc(NC(=O)[C@@H]2C(=O)N(C)C[C@H]2c2ccc(C(F)(F)F)cc2)s1. The molecular weight excluding hydrogens is 367 g/mol. The molecule has 5 nitrogen and oxygen atoms in total. The Balaban J connectivity index is 1.85. The predicted molar refractivity (Wildman–Crippen MR) is 90.8 cm³/mol. The molecule has 1 N–H and O–H groups in total. The Bertz CT molecular complexity index is 833. The number of hydrogen-bond acceptors (Lipinski definition) is 4. The van der Waals surface area contributed by atoms with Crippen LogP contribution in [-0.2, 0) is 15.8 Å². The van der Waals surface area contributed by atoms with E-state index in [1.165, 1.54) is 28.4 Å². The van der Waals surface area contributed by atoms with Crippen LogP contribution in [0.15, 0.2) is 30.5 Å². The van der Waals surface area contributed by atoms with E-state index in [2.05, 4.69) is 10.3 Å². The summed E-state index contributed by atoms with van der Waals surface area (Å²) in [4.78, 5) is 31.4. The topological polar surface area (TPSA) is 62.3 Å². The standard InChI is InChI=1S/C17H16F3N3O2S/c1-9-7-21-16(26-9)22-14(24)13-12(8-23(2)15(13)25)10-3-5-11(6-4-10)17(18,19)20/h3-7,12-13H,8H2,1-2H3,(H,21,22,24)/t12-,13+/m0/s1. The van der Waals surface area contributed by atoms with E-state index >= 15 is 0 Å². The fourth-order valence-corrected chi connectivity index (χ4v) is 3.68. The van der Waals surface area contributed by atoms with Gasteiger partial charge in [0.1, 0.15) is 5.92 Å². The Morgan fingerprint density at radius 3 is 2.50 bits per heavy atom. The molecule has 0 aliphatic carbocycles. The van der Waals surface area contributed by atoms with Crippen LogP contribution in [0.1, 0.15) is 21.9 Å². The molecule has 26 heavy (non-hydrogen) atoms. The number of carbonyl (C=O) groups is 2. The second kappa shape index (κ2) is 6.71. The van der Waals surface area contributed by atoms with E-state index in [9.17, 15) is 22.8 Å². The third-order valence-electron chi connectivity index (χ3n) is 4.32. The first-order valence-corrected chi connectivity index (χ1v) is 8.64. The summed E-state index contributed by atoms with van der Waals surface area (Å²) in [5.41, 5.74) is -0.246. The molecule has 2 amide bonds. The minimum absolute atomic E-state index is 0.263. The van der Waals surface area contributed by atoms with Crippen molar-refractivity contribution in [2.45, 2.75) is 19.0 Å². The molecule has 1 aliphatic rings. The molecule has 9 heteroatoms. The molecule has 2 aromatic rings. The zero-order valence-corrected chi connectivity index (χ0v) is 14.8. The smallest absolute Gasteiger partial charge is 0.344 e. The molecule has 1 aliphatic heterocycles. The molecule has 0 unspecified atom stereocenters. The minimum atomic E-state index is -4.43.